The van der Waals surface area contributed by atoms with Gasteiger partial charge in [0.15, 0.2) is 0 Å². The first-order chi connectivity index (χ1) is 7.78. The van der Waals surface area contributed by atoms with Gasteiger partial charge in [0, 0.05) is 19.1 Å². The van der Waals surface area contributed by atoms with Gasteiger partial charge in [0.05, 0.1) is 0 Å². The van der Waals surface area contributed by atoms with Gasteiger partial charge < -0.3 is 20.7 Å². The van der Waals surface area contributed by atoms with Crippen molar-refractivity contribution in [3.63, 3.8) is 0 Å². The van der Waals surface area contributed by atoms with Crippen LogP contribution in [-0.2, 0) is 4.74 Å². The second kappa shape index (κ2) is 5.25. The Balaban J connectivity index is 2.49. The molecule has 17 heavy (non-hydrogen) atoms. The summed E-state index contributed by atoms with van der Waals surface area (Å²) in [5, 5.41) is 2.62. The van der Waals surface area contributed by atoms with Crippen molar-refractivity contribution in [3.05, 3.63) is 0 Å². The van der Waals surface area contributed by atoms with Crippen molar-refractivity contribution in [3.8, 4) is 0 Å². The van der Waals surface area contributed by atoms with E-state index in [9.17, 15) is 9.59 Å². The number of carbonyl (C=O) groups excluding carboxylic acids is 2. The lowest BCUT2D eigenvalue weighted by Crippen LogP contribution is -2.51. The lowest BCUT2D eigenvalue weighted by molar-refractivity contribution is 0.0191. The van der Waals surface area contributed by atoms with E-state index in [1.807, 2.05) is 20.8 Å². The maximum absolute atomic E-state index is 11.8. The maximum Gasteiger partial charge on any atom is 0.410 e. The predicted octanol–water partition coefficient (Wildman–Crippen LogP) is 1.05. The fraction of sp³-hybridized carbons (Fsp3) is 0.818. The molecule has 0 aromatic heterocycles. The summed E-state index contributed by atoms with van der Waals surface area (Å²) in [5.74, 6) is 0. The molecule has 0 aromatic rings. The second-order valence-electron chi connectivity index (χ2n) is 5.27. The van der Waals surface area contributed by atoms with Crippen molar-refractivity contribution in [2.24, 2.45) is 5.73 Å². The summed E-state index contributed by atoms with van der Waals surface area (Å²) in [4.78, 5) is 24.2. The number of carbonyl (C=O) groups is 2. The molecule has 1 atom stereocenters. The molecule has 1 saturated heterocycles. The number of amides is 3. The summed E-state index contributed by atoms with van der Waals surface area (Å²) < 4.78 is 5.27. The number of hydrogen-bond acceptors (Lipinski definition) is 3. The van der Waals surface area contributed by atoms with Crippen LogP contribution in [0.25, 0.3) is 0 Å². The molecule has 0 aromatic carbocycles. The summed E-state index contributed by atoms with van der Waals surface area (Å²) >= 11 is 0. The highest BCUT2D eigenvalue weighted by atomic mass is 16.6. The Labute approximate surface area is 101 Å². The Morgan fingerprint density at radius 3 is 2.59 bits per heavy atom. The Morgan fingerprint density at radius 1 is 1.41 bits per heavy atom. The highest BCUT2D eigenvalue weighted by Gasteiger charge is 2.27. The first-order valence-corrected chi connectivity index (χ1v) is 5.82. The van der Waals surface area contributed by atoms with E-state index in [1.54, 1.807) is 4.90 Å². The monoisotopic (exact) mass is 243 g/mol. The summed E-state index contributed by atoms with van der Waals surface area (Å²) in [6.45, 7) is 6.60. The number of primary amides is 1. The molecule has 1 fully saturated rings. The van der Waals surface area contributed by atoms with E-state index in [1.165, 1.54) is 0 Å². The molecule has 6 heteroatoms. The van der Waals surface area contributed by atoms with E-state index in [-0.39, 0.29) is 12.1 Å². The van der Waals surface area contributed by atoms with Gasteiger partial charge >= 0.3 is 12.1 Å². The van der Waals surface area contributed by atoms with Gasteiger partial charge in [-0.1, -0.05) is 0 Å². The van der Waals surface area contributed by atoms with Crippen LogP contribution in [0.2, 0.25) is 0 Å². The quantitative estimate of drug-likeness (QED) is 0.722. The average molecular weight is 243 g/mol. The lowest BCUT2D eigenvalue weighted by Gasteiger charge is -2.34. The van der Waals surface area contributed by atoms with Crippen LogP contribution in [0.15, 0.2) is 0 Å². The average Bonchev–Trinajstić information content (AvgIpc) is 2.14. The third-order valence-corrected chi connectivity index (χ3v) is 2.42. The molecule has 3 amide bonds. The molecule has 1 aliphatic heterocycles. The molecular formula is C11H21N3O3. The third kappa shape index (κ3) is 4.93. The molecule has 1 rings (SSSR count). The van der Waals surface area contributed by atoms with E-state index < -0.39 is 11.6 Å². The van der Waals surface area contributed by atoms with Crippen molar-refractivity contribution in [1.29, 1.82) is 0 Å². The first-order valence-electron chi connectivity index (χ1n) is 5.82. The maximum atomic E-state index is 11.8. The van der Waals surface area contributed by atoms with E-state index in [0.717, 1.165) is 12.8 Å². The Kier molecular flexibility index (Phi) is 4.20. The Morgan fingerprint density at radius 2 is 2.06 bits per heavy atom. The molecule has 1 aliphatic rings. The summed E-state index contributed by atoms with van der Waals surface area (Å²) in [6, 6.07) is -0.630. The van der Waals surface area contributed by atoms with Crippen LogP contribution in [0, 0.1) is 0 Å². The number of nitrogens with two attached hydrogens (primary N) is 1. The normalized spacial score (nSPS) is 20.9. The van der Waals surface area contributed by atoms with Gasteiger partial charge in [0.25, 0.3) is 0 Å². The zero-order valence-electron chi connectivity index (χ0n) is 10.7. The van der Waals surface area contributed by atoms with Crippen LogP contribution < -0.4 is 11.1 Å². The largest absolute Gasteiger partial charge is 0.444 e. The number of nitrogens with one attached hydrogen (secondary N) is 1. The van der Waals surface area contributed by atoms with Crippen LogP contribution in [0.3, 0.4) is 0 Å². The van der Waals surface area contributed by atoms with Gasteiger partial charge in [-0.25, -0.2) is 9.59 Å². The van der Waals surface area contributed by atoms with E-state index >= 15 is 0 Å². The van der Waals surface area contributed by atoms with Crippen LogP contribution >= 0.6 is 0 Å². The molecule has 0 radical (unpaired) electrons. The third-order valence-electron chi connectivity index (χ3n) is 2.42. The van der Waals surface area contributed by atoms with Crippen molar-refractivity contribution in [2.75, 3.05) is 13.1 Å². The smallest absolute Gasteiger partial charge is 0.410 e. The first kappa shape index (κ1) is 13.6. The van der Waals surface area contributed by atoms with Crippen LogP contribution in [0.5, 0.6) is 0 Å². The number of urea groups is 1. The fourth-order valence-corrected chi connectivity index (χ4v) is 1.79. The summed E-state index contributed by atoms with van der Waals surface area (Å²) in [7, 11) is 0. The SMILES string of the molecule is CC(C)(C)OC(=O)N1CCCC(NC(N)=O)C1. The van der Waals surface area contributed by atoms with Crippen molar-refractivity contribution < 1.29 is 14.3 Å². The highest BCUT2D eigenvalue weighted by Crippen LogP contribution is 2.15. The van der Waals surface area contributed by atoms with Gasteiger partial charge in [-0.15, -0.1) is 0 Å². The van der Waals surface area contributed by atoms with Gasteiger partial charge in [-0.2, -0.15) is 0 Å². The number of piperidine rings is 1. The molecule has 98 valence electrons. The van der Waals surface area contributed by atoms with E-state index in [0.29, 0.717) is 13.1 Å². The van der Waals surface area contributed by atoms with Gasteiger partial charge in [-0.05, 0) is 33.6 Å². The minimum absolute atomic E-state index is 0.0752. The Hall–Kier alpha value is -1.46. The molecule has 0 aliphatic carbocycles. The van der Waals surface area contributed by atoms with E-state index in [4.69, 9.17) is 10.5 Å². The minimum Gasteiger partial charge on any atom is -0.444 e. The Bertz CT molecular complexity index is 299. The zero-order valence-corrected chi connectivity index (χ0v) is 10.7. The number of nitrogens with zero attached hydrogens (tertiary/aromatic N) is 1. The lowest BCUT2D eigenvalue weighted by atomic mass is 10.1. The molecule has 3 N–H and O–H groups in total. The molecule has 0 spiro atoms. The fourth-order valence-electron chi connectivity index (χ4n) is 1.79. The predicted molar refractivity (Wildman–Crippen MR) is 63.5 cm³/mol. The number of hydrogen-bond donors (Lipinski definition) is 2. The number of likely N-dealkylation sites (tertiary alicyclic amines) is 1. The molecule has 0 saturated carbocycles. The molecule has 1 unspecified atom stereocenters. The molecular weight excluding hydrogens is 222 g/mol. The second-order valence-corrected chi connectivity index (χ2v) is 5.27. The van der Waals surface area contributed by atoms with Crippen LogP contribution in [0.4, 0.5) is 9.59 Å². The number of rotatable bonds is 1. The standard InChI is InChI=1S/C11H21N3O3/c1-11(2,3)17-10(16)14-6-4-5-8(7-14)13-9(12)15/h8H,4-7H2,1-3H3,(H3,12,13,15). The minimum atomic E-state index is -0.555. The van der Waals surface area contributed by atoms with Crippen molar-refractivity contribution in [1.82, 2.24) is 10.2 Å². The van der Waals surface area contributed by atoms with Crippen molar-refractivity contribution >= 4 is 12.1 Å². The van der Waals surface area contributed by atoms with Gasteiger partial charge in [-0.3, -0.25) is 0 Å². The van der Waals surface area contributed by atoms with Crippen LogP contribution in [0.1, 0.15) is 33.6 Å². The van der Waals surface area contributed by atoms with Crippen molar-refractivity contribution in [2.45, 2.75) is 45.3 Å². The van der Waals surface area contributed by atoms with E-state index in [2.05, 4.69) is 5.32 Å². The highest BCUT2D eigenvalue weighted by molar-refractivity contribution is 5.72. The van der Waals surface area contributed by atoms with Gasteiger partial charge in [0.1, 0.15) is 5.60 Å². The molecule has 6 nitrogen and oxygen atoms in total. The molecule has 1 heterocycles. The van der Waals surface area contributed by atoms with Crippen LogP contribution in [-0.4, -0.2) is 41.8 Å². The topological polar surface area (TPSA) is 84.7 Å². The number of ether oxygens (including phenoxy) is 1. The van der Waals surface area contributed by atoms with Gasteiger partial charge in [0.2, 0.25) is 0 Å². The summed E-state index contributed by atoms with van der Waals surface area (Å²) in [5.41, 5.74) is 4.56. The molecule has 0 bridgehead atoms. The summed E-state index contributed by atoms with van der Waals surface area (Å²) in [6.07, 6.45) is 1.33. The zero-order chi connectivity index (χ0) is 13.1.